The van der Waals surface area contributed by atoms with Crippen molar-refractivity contribution in [2.75, 3.05) is 65.4 Å². The molecule has 5 fully saturated rings. The summed E-state index contributed by atoms with van der Waals surface area (Å²) in [6.45, 7) is 45.2. The van der Waals surface area contributed by atoms with Crippen LogP contribution in [0.3, 0.4) is 0 Å². The van der Waals surface area contributed by atoms with Gasteiger partial charge in [-0.2, -0.15) is 25.5 Å². The fraction of sp³-hybridized carbons (Fsp3) is 0.421. The van der Waals surface area contributed by atoms with E-state index >= 15 is 4.39 Å². The Bertz CT molecular complexity index is 7400. The van der Waals surface area contributed by atoms with Gasteiger partial charge in [-0.15, -0.1) is 0 Å². The Labute approximate surface area is 847 Å². The number of allylic oxidation sites excluding steroid dienone is 1. The first-order chi connectivity index (χ1) is 67.7. The quantitative estimate of drug-likeness (QED) is 0.0956. The normalized spacial score (nSPS) is 18.4. The molecule has 6 aliphatic rings. The van der Waals surface area contributed by atoms with Crippen LogP contribution in [-0.4, -0.2) is 255 Å². The Morgan fingerprint density at radius 3 is 1.30 bits per heavy atom. The molecule has 4 saturated heterocycles. The summed E-state index contributed by atoms with van der Waals surface area (Å²) in [5, 5.41) is 39.0. The van der Waals surface area contributed by atoms with Gasteiger partial charge < -0.3 is 39.8 Å². The lowest BCUT2D eigenvalue weighted by Gasteiger charge is -2.49. The minimum absolute atomic E-state index is 0.0366. The lowest BCUT2D eigenvalue weighted by molar-refractivity contribution is -0.153. The minimum atomic E-state index is -1.78. The molecule has 38 heteroatoms. The summed E-state index contributed by atoms with van der Waals surface area (Å²) in [4.78, 5) is 141. The van der Waals surface area contributed by atoms with Gasteiger partial charge in [0.05, 0.1) is 69.3 Å². The molecule has 14 heterocycles. The van der Waals surface area contributed by atoms with E-state index in [1.807, 2.05) is 114 Å². The molecule has 0 bridgehead atoms. The number of carbonyl (C=O) groups excluding carboxylic acids is 8. The summed E-state index contributed by atoms with van der Waals surface area (Å²) in [6.07, 6.45) is 11.7. The van der Waals surface area contributed by atoms with Gasteiger partial charge in [-0.3, -0.25) is 48.4 Å². The van der Waals surface area contributed by atoms with Crippen LogP contribution in [0.5, 0.6) is 0 Å². The molecule has 0 atom stereocenters. The number of halogens is 6. The van der Waals surface area contributed by atoms with Crippen LogP contribution in [0.1, 0.15) is 244 Å². The van der Waals surface area contributed by atoms with Crippen molar-refractivity contribution in [2.45, 2.75) is 221 Å². The predicted molar refractivity (Wildman–Crippen MR) is 544 cm³/mol. The van der Waals surface area contributed by atoms with Gasteiger partial charge in [-0.1, -0.05) is 104 Å². The number of H-pyrrole nitrogens is 1. The Morgan fingerprint density at radius 2 is 0.869 bits per heavy atom. The maximum Gasteiger partial charge on any atom is 0.275 e. The number of hydrogen-bond acceptors (Lipinski definition) is 19. The second kappa shape index (κ2) is 38.5. The van der Waals surface area contributed by atoms with Crippen molar-refractivity contribution in [1.29, 1.82) is 0 Å². The minimum Gasteiger partial charge on any atom is -0.390 e. The van der Waals surface area contributed by atoms with Crippen molar-refractivity contribution >= 4 is 99.3 Å². The second-order valence-corrected chi connectivity index (χ2v) is 44.9. The summed E-state index contributed by atoms with van der Waals surface area (Å²) in [7, 11) is 0. The Kier molecular flexibility index (Phi) is 27.6. The van der Waals surface area contributed by atoms with Crippen LogP contribution in [0.4, 0.5) is 17.6 Å². The first kappa shape index (κ1) is 104. The van der Waals surface area contributed by atoms with E-state index in [-0.39, 0.29) is 114 Å². The van der Waals surface area contributed by atoms with E-state index in [2.05, 4.69) is 82.2 Å². The number of rotatable bonds is 12. The monoisotopic (exact) mass is 2020 g/mol. The average Bonchev–Trinajstić information content (AvgIpc) is 1.54. The van der Waals surface area contributed by atoms with Crippen LogP contribution < -0.4 is 5.32 Å². The zero-order valence-corrected chi connectivity index (χ0v) is 87.1. The van der Waals surface area contributed by atoms with Gasteiger partial charge in [-0.25, -0.2) is 60.6 Å². The SMILES string of the molecule is CC(C)(C)c1cc(-c2ccc(Cl)c(F)c2)nn2cc(C(=O)N3CCNC(=O)C3(C)C)nc12.CC1(O)CC(C(=O)N2CCN(C(=O)c3cn4nc(-c5ccc(Cl)cc5)cc(C(C)(C)C)c4n3)C(C)(C)C2)C1.Cc1cc(-c2cc(C(C)(C)C)c3nc(C(=O)N4CCN(C5=CCC=N5)C(=O)C4(C)C)cn3n2)ccc1F.Cc1cc(C(=O)N2CCN(C(=O)c3cn4nc(-c5ccc(F)cc5)cc(C(C)(C)F)c4n3)C(C)(C)C2)n[nH]1. The molecule has 19 rings (SSSR count). The van der Waals surface area contributed by atoms with E-state index in [9.17, 15) is 56.6 Å². The van der Waals surface area contributed by atoms with Crippen LogP contribution >= 0.6 is 23.2 Å². The molecule has 145 heavy (non-hydrogen) atoms. The number of carbonyl (C=O) groups is 8. The number of aliphatic hydroxyl groups is 1. The molecule has 760 valence electrons. The number of piperazine rings is 4. The maximum atomic E-state index is 15.3. The van der Waals surface area contributed by atoms with Gasteiger partial charge in [0, 0.05) is 139 Å². The third-order valence-electron chi connectivity index (χ3n) is 27.4. The Morgan fingerprint density at radius 1 is 0.455 bits per heavy atom. The highest BCUT2D eigenvalue weighted by molar-refractivity contribution is 6.31. The molecular weight excluding hydrogens is 1900 g/mol. The molecule has 32 nitrogen and oxygen atoms in total. The summed E-state index contributed by atoms with van der Waals surface area (Å²) >= 11 is 11.9. The summed E-state index contributed by atoms with van der Waals surface area (Å²) in [5.74, 6) is -2.39. The standard InChI is InChI=1S/C29H36ClN5O3.C28H31FN6O2.C27H29F2N7O2.C23H25ClFN5O2/c1-27(2,3)21-13-22(18-7-9-20(30)10-8-18)32-35-16-23(31-24(21)35)26(37)34-12-11-33(17-28(34,4)5)25(36)19-14-29(6,38)15-19;1-17-14-18(9-10-20(17)29)21-15-19(27(2,3)4)24-31-22(16-35(24)32-21)25(36)34-13-12-33(23-8-7-11-30-23)26(37)28(34,5)6;1-16-12-21(32-31-16)24(37)34-10-11-35(26(2,3)15-34)25(38)22-14-36-23(30-22)19(27(4,5)29)13-20(33-36)17-6-8-18(28)9-7-17;1-22(2,3)14-11-17(13-6-7-15(24)16(25)10-13)28-30-12-18(27-19(14)30)20(31)29-9-8-26-21(32)23(29,4)5/h7-10,13,16,19,38H,11-12,14-15,17H2,1-6H3;8-11,14-16H,7,12-13H2,1-6H3;6-9,12-14H,10-11,15H2,1-5H3,(H,31,32);6-7,10-12H,8-9H2,1-5H3,(H,26,32). The fourth-order valence-electron chi connectivity index (χ4n) is 19.2. The molecule has 1 saturated carbocycles. The molecular formula is C107H121Cl2F4N23O9. The molecule has 13 aromatic rings. The number of aliphatic imine (C=N–C) groups is 1. The number of aromatic nitrogens is 14. The van der Waals surface area contributed by atoms with Crippen LogP contribution in [0, 0.1) is 37.2 Å². The molecule has 3 N–H and O–H groups in total. The number of imidazole rings is 4. The highest BCUT2D eigenvalue weighted by Gasteiger charge is 2.50. The highest BCUT2D eigenvalue weighted by atomic mass is 35.5. The van der Waals surface area contributed by atoms with E-state index in [0.717, 1.165) is 39.2 Å². The van der Waals surface area contributed by atoms with Crippen molar-refractivity contribution in [3.05, 3.63) is 241 Å². The number of nitrogens with one attached hydrogen (secondary N) is 2. The summed E-state index contributed by atoms with van der Waals surface area (Å²) in [5.41, 5.74) is 6.13. The molecule has 0 spiro atoms. The average molecular weight is 2020 g/mol. The lowest BCUT2D eigenvalue weighted by atomic mass is 9.71. The van der Waals surface area contributed by atoms with Gasteiger partial charge >= 0.3 is 0 Å². The summed E-state index contributed by atoms with van der Waals surface area (Å²) in [6, 6.07) is 31.8. The largest absolute Gasteiger partial charge is 0.390 e. The number of nitrogens with zero attached hydrogens (tertiary/aromatic N) is 21. The van der Waals surface area contributed by atoms with E-state index in [1.165, 1.54) is 59.8 Å². The topological polar surface area (TPSA) is 353 Å². The maximum absolute atomic E-state index is 15.3. The smallest absolute Gasteiger partial charge is 0.275 e. The molecule has 8 amide bonds. The van der Waals surface area contributed by atoms with Crippen molar-refractivity contribution in [1.82, 2.24) is 108 Å². The van der Waals surface area contributed by atoms with Crippen LogP contribution in [0.15, 0.2) is 157 Å². The molecule has 0 unspecified atom stereocenters. The number of aryl methyl sites for hydroxylation is 2. The fourth-order valence-corrected chi connectivity index (χ4v) is 19.4. The number of fused-ring (bicyclic) bond motifs is 4. The van der Waals surface area contributed by atoms with Crippen molar-refractivity contribution < 1.29 is 61.0 Å². The van der Waals surface area contributed by atoms with Crippen LogP contribution in [0.25, 0.3) is 67.6 Å². The Balaban J connectivity index is 0.000000139. The first-order valence-corrected chi connectivity index (χ1v) is 49.0. The number of hydrogen-bond donors (Lipinski definition) is 3. The number of amides is 8. The zero-order chi connectivity index (χ0) is 105. The molecule has 9 aromatic heterocycles. The van der Waals surface area contributed by atoms with E-state index in [1.54, 1.807) is 142 Å². The number of alkyl halides is 1. The zero-order valence-electron chi connectivity index (χ0n) is 85.6. The van der Waals surface area contributed by atoms with Crippen molar-refractivity contribution in [3.8, 4) is 45.0 Å². The number of aromatic amines is 1. The number of benzene rings is 4. The second-order valence-electron chi connectivity index (χ2n) is 44.1. The first-order valence-electron chi connectivity index (χ1n) is 48.2. The van der Waals surface area contributed by atoms with Crippen molar-refractivity contribution in [2.24, 2.45) is 10.9 Å². The van der Waals surface area contributed by atoms with Gasteiger partial charge in [0.1, 0.15) is 68.5 Å². The summed E-state index contributed by atoms with van der Waals surface area (Å²) < 4.78 is 63.0. The Hall–Kier alpha value is -14.0. The van der Waals surface area contributed by atoms with Gasteiger partial charge in [-0.05, 0) is 228 Å². The molecule has 5 aliphatic heterocycles. The van der Waals surface area contributed by atoms with E-state index < -0.39 is 39.2 Å². The van der Waals surface area contributed by atoms with Crippen LogP contribution in [0.2, 0.25) is 10.0 Å². The molecule has 1 aliphatic carbocycles. The van der Waals surface area contributed by atoms with Gasteiger partial charge in [0.15, 0.2) is 22.6 Å². The van der Waals surface area contributed by atoms with Gasteiger partial charge in [0.2, 0.25) is 11.8 Å². The molecule has 4 aromatic carbocycles. The van der Waals surface area contributed by atoms with E-state index in [4.69, 9.17) is 43.4 Å². The third kappa shape index (κ3) is 21.2. The van der Waals surface area contributed by atoms with Crippen molar-refractivity contribution in [3.63, 3.8) is 0 Å². The third-order valence-corrected chi connectivity index (χ3v) is 27.9. The highest BCUT2D eigenvalue weighted by Crippen LogP contribution is 2.43. The molecule has 0 radical (unpaired) electrons. The lowest BCUT2D eigenvalue weighted by Crippen LogP contribution is -2.64. The van der Waals surface area contributed by atoms with Crippen LogP contribution in [-0.2, 0) is 36.3 Å². The van der Waals surface area contributed by atoms with E-state index in [0.29, 0.717) is 158 Å². The van der Waals surface area contributed by atoms with Gasteiger partial charge in [0.25, 0.3) is 35.4 Å². The predicted octanol–water partition coefficient (Wildman–Crippen LogP) is 17.1.